The summed E-state index contributed by atoms with van der Waals surface area (Å²) in [6.07, 6.45) is 2.87. The molecule has 0 saturated heterocycles. The number of phenols is 1. The summed E-state index contributed by atoms with van der Waals surface area (Å²) in [7, 11) is 0. The monoisotopic (exact) mass is 232 g/mol. The van der Waals surface area contributed by atoms with Crippen molar-refractivity contribution in [2.24, 2.45) is 0 Å². The van der Waals surface area contributed by atoms with Crippen molar-refractivity contribution >= 4 is 5.76 Å². The molecule has 0 saturated carbocycles. The summed E-state index contributed by atoms with van der Waals surface area (Å²) in [5.74, 6) is -0.348. The summed E-state index contributed by atoms with van der Waals surface area (Å²) in [5.41, 5.74) is 0.463. The van der Waals surface area contributed by atoms with Crippen molar-refractivity contribution in [1.29, 1.82) is 0 Å². The molecule has 0 aliphatic heterocycles. The Bertz CT molecular complexity index is 526. The lowest BCUT2D eigenvalue weighted by atomic mass is 9.99. The van der Waals surface area contributed by atoms with Crippen LogP contribution in [0.1, 0.15) is 5.56 Å². The van der Waals surface area contributed by atoms with Gasteiger partial charge in [-0.2, -0.15) is 0 Å². The molecule has 0 bridgehead atoms. The normalized spacial score (nSPS) is 22.2. The van der Waals surface area contributed by atoms with Gasteiger partial charge in [0.15, 0.2) is 0 Å². The molecule has 0 aromatic heterocycles. The van der Waals surface area contributed by atoms with Crippen LogP contribution in [-0.2, 0) is 0 Å². The molecule has 1 aliphatic rings. The van der Waals surface area contributed by atoms with Crippen LogP contribution in [0.15, 0.2) is 53.8 Å². The SMILES string of the molecule is OC1=CC(O)C(=C(O)c2ccccc2O)C=C1. The standard InChI is InChI=1S/C13H12O4/c14-8-5-6-10(12(16)7-8)13(17)9-3-1-2-4-11(9)15/h1-7,12,14-17H. The Morgan fingerprint density at radius 2 is 1.76 bits per heavy atom. The number of aliphatic hydroxyl groups excluding tert-OH is 3. The average molecular weight is 232 g/mol. The minimum Gasteiger partial charge on any atom is -0.508 e. The molecule has 0 amide bonds. The van der Waals surface area contributed by atoms with Gasteiger partial charge in [-0.3, -0.25) is 0 Å². The van der Waals surface area contributed by atoms with Crippen LogP contribution in [-0.4, -0.2) is 26.5 Å². The minimum absolute atomic E-state index is 0.0636. The first kappa shape index (κ1) is 11.3. The molecule has 1 aromatic carbocycles. The fraction of sp³-hybridized carbons (Fsp3) is 0.0769. The minimum atomic E-state index is -1.10. The van der Waals surface area contributed by atoms with E-state index in [9.17, 15) is 15.3 Å². The fourth-order valence-electron chi connectivity index (χ4n) is 1.63. The topological polar surface area (TPSA) is 80.9 Å². The largest absolute Gasteiger partial charge is 0.508 e. The molecule has 1 aliphatic carbocycles. The maximum Gasteiger partial charge on any atom is 0.132 e. The zero-order valence-electron chi connectivity index (χ0n) is 8.91. The molecule has 4 nitrogen and oxygen atoms in total. The van der Waals surface area contributed by atoms with Crippen LogP contribution in [0.5, 0.6) is 5.75 Å². The van der Waals surface area contributed by atoms with Crippen molar-refractivity contribution in [1.82, 2.24) is 0 Å². The molecule has 0 radical (unpaired) electrons. The number of hydrogen-bond donors (Lipinski definition) is 4. The Kier molecular flexibility index (Phi) is 2.89. The Balaban J connectivity index is 2.47. The molecule has 4 N–H and O–H groups in total. The second kappa shape index (κ2) is 4.35. The van der Waals surface area contributed by atoms with Crippen LogP contribution < -0.4 is 0 Å². The molecular formula is C13H12O4. The smallest absolute Gasteiger partial charge is 0.132 e. The van der Waals surface area contributed by atoms with Gasteiger partial charge in [-0.1, -0.05) is 12.1 Å². The highest BCUT2D eigenvalue weighted by Gasteiger charge is 2.18. The molecule has 0 fully saturated rings. The van der Waals surface area contributed by atoms with Crippen molar-refractivity contribution in [2.45, 2.75) is 6.10 Å². The first-order chi connectivity index (χ1) is 8.09. The Morgan fingerprint density at radius 1 is 1.06 bits per heavy atom. The van der Waals surface area contributed by atoms with Crippen LogP contribution in [0.4, 0.5) is 0 Å². The van der Waals surface area contributed by atoms with E-state index in [4.69, 9.17) is 5.11 Å². The lowest BCUT2D eigenvalue weighted by Gasteiger charge is -2.15. The third kappa shape index (κ3) is 2.16. The first-order valence-corrected chi connectivity index (χ1v) is 5.08. The van der Waals surface area contributed by atoms with Crippen molar-refractivity contribution in [3.63, 3.8) is 0 Å². The second-order valence-electron chi connectivity index (χ2n) is 3.69. The van der Waals surface area contributed by atoms with E-state index in [0.717, 1.165) is 0 Å². The molecule has 17 heavy (non-hydrogen) atoms. The van der Waals surface area contributed by atoms with E-state index in [2.05, 4.69) is 0 Å². The second-order valence-corrected chi connectivity index (χ2v) is 3.69. The van der Waals surface area contributed by atoms with Gasteiger partial charge in [-0.25, -0.2) is 0 Å². The molecule has 88 valence electrons. The number of allylic oxidation sites excluding steroid dienone is 1. The van der Waals surface area contributed by atoms with Gasteiger partial charge in [-0.15, -0.1) is 0 Å². The number of hydrogen-bond acceptors (Lipinski definition) is 4. The predicted octanol–water partition coefficient (Wildman–Crippen LogP) is 2.03. The van der Waals surface area contributed by atoms with Gasteiger partial charge in [0.05, 0.1) is 5.56 Å². The zero-order valence-corrected chi connectivity index (χ0v) is 8.91. The van der Waals surface area contributed by atoms with Crippen LogP contribution in [0.2, 0.25) is 0 Å². The van der Waals surface area contributed by atoms with Crippen LogP contribution in [0.3, 0.4) is 0 Å². The van der Waals surface area contributed by atoms with E-state index in [1.54, 1.807) is 12.1 Å². The summed E-state index contributed by atoms with van der Waals surface area (Å²) in [4.78, 5) is 0. The molecule has 2 rings (SSSR count). The van der Waals surface area contributed by atoms with E-state index < -0.39 is 6.10 Å². The molecule has 0 heterocycles. The van der Waals surface area contributed by atoms with E-state index in [-0.39, 0.29) is 28.4 Å². The summed E-state index contributed by atoms with van der Waals surface area (Å²) >= 11 is 0. The highest BCUT2D eigenvalue weighted by molar-refractivity contribution is 5.70. The van der Waals surface area contributed by atoms with Gasteiger partial charge >= 0.3 is 0 Å². The first-order valence-electron chi connectivity index (χ1n) is 5.08. The van der Waals surface area contributed by atoms with Gasteiger partial charge in [0.2, 0.25) is 0 Å². The van der Waals surface area contributed by atoms with Gasteiger partial charge in [0.1, 0.15) is 23.4 Å². The molecule has 1 unspecified atom stereocenters. The summed E-state index contributed by atoms with van der Waals surface area (Å²) in [6, 6.07) is 6.28. The lowest BCUT2D eigenvalue weighted by Crippen LogP contribution is -2.11. The number of para-hydroxylation sites is 1. The number of phenolic OH excluding ortho intramolecular Hbond substituents is 1. The number of benzene rings is 1. The Hall–Kier alpha value is -2.20. The van der Waals surface area contributed by atoms with Crippen molar-refractivity contribution in [3.05, 3.63) is 59.4 Å². The van der Waals surface area contributed by atoms with Crippen molar-refractivity contribution < 1.29 is 20.4 Å². The highest BCUT2D eigenvalue weighted by atomic mass is 16.3. The van der Waals surface area contributed by atoms with E-state index in [1.165, 1.54) is 30.4 Å². The van der Waals surface area contributed by atoms with E-state index in [1.807, 2.05) is 0 Å². The number of aromatic hydroxyl groups is 1. The predicted molar refractivity (Wildman–Crippen MR) is 63.5 cm³/mol. The van der Waals surface area contributed by atoms with Crippen molar-refractivity contribution in [2.75, 3.05) is 0 Å². The third-order valence-corrected chi connectivity index (χ3v) is 2.51. The van der Waals surface area contributed by atoms with Crippen LogP contribution in [0.25, 0.3) is 5.76 Å². The van der Waals surface area contributed by atoms with Crippen LogP contribution >= 0.6 is 0 Å². The quantitative estimate of drug-likeness (QED) is 0.558. The molecule has 0 spiro atoms. The highest BCUT2D eigenvalue weighted by Crippen LogP contribution is 2.28. The number of aliphatic hydroxyl groups is 3. The fourth-order valence-corrected chi connectivity index (χ4v) is 1.63. The Morgan fingerprint density at radius 3 is 2.41 bits per heavy atom. The van der Waals surface area contributed by atoms with E-state index in [0.29, 0.717) is 0 Å². The van der Waals surface area contributed by atoms with E-state index >= 15 is 0 Å². The molecule has 4 heteroatoms. The Labute approximate surface area is 98.1 Å². The summed E-state index contributed by atoms with van der Waals surface area (Å²) in [6.45, 7) is 0. The molecule has 1 atom stereocenters. The maximum atomic E-state index is 9.98. The third-order valence-electron chi connectivity index (χ3n) is 2.51. The number of rotatable bonds is 1. The summed E-state index contributed by atoms with van der Waals surface area (Å²) < 4.78 is 0. The van der Waals surface area contributed by atoms with Gasteiger partial charge < -0.3 is 20.4 Å². The lowest BCUT2D eigenvalue weighted by molar-refractivity contribution is 0.251. The average Bonchev–Trinajstić information content (AvgIpc) is 2.29. The molecular weight excluding hydrogens is 220 g/mol. The van der Waals surface area contributed by atoms with Crippen molar-refractivity contribution in [3.8, 4) is 5.75 Å². The molecule has 1 aromatic rings. The van der Waals surface area contributed by atoms with Gasteiger partial charge in [-0.05, 0) is 30.4 Å². The summed E-state index contributed by atoms with van der Waals surface area (Å²) in [5, 5.41) is 38.4. The maximum absolute atomic E-state index is 9.98. The van der Waals surface area contributed by atoms with Gasteiger partial charge in [0.25, 0.3) is 0 Å². The zero-order chi connectivity index (χ0) is 12.4. The van der Waals surface area contributed by atoms with Crippen LogP contribution in [0, 0.1) is 0 Å². The van der Waals surface area contributed by atoms with Gasteiger partial charge in [0, 0.05) is 5.57 Å².